The number of aromatic nitrogens is 1. The number of halogens is 1. The summed E-state index contributed by atoms with van der Waals surface area (Å²) in [5.41, 5.74) is 1.91. The van der Waals surface area contributed by atoms with E-state index in [0.29, 0.717) is 5.92 Å². The van der Waals surface area contributed by atoms with Gasteiger partial charge in [-0.3, -0.25) is 0 Å². The molecular weight excluding hydrogens is 256 g/mol. The molecule has 5 heteroatoms. The Hall–Kier alpha value is -0.840. The lowest BCUT2D eigenvalue weighted by Crippen LogP contribution is -2.18. The van der Waals surface area contributed by atoms with Crippen LogP contribution in [0.15, 0.2) is 22.0 Å². The van der Waals surface area contributed by atoms with E-state index in [2.05, 4.69) is 24.3 Å². The first-order valence-corrected chi connectivity index (χ1v) is 6.81. The van der Waals surface area contributed by atoms with Gasteiger partial charge in [-0.05, 0) is 18.5 Å². The summed E-state index contributed by atoms with van der Waals surface area (Å²) in [4.78, 5) is 0. The molecule has 2 rings (SSSR count). The summed E-state index contributed by atoms with van der Waals surface area (Å²) < 4.78 is 6.04. The second kappa shape index (κ2) is 5.67. The first-order chi connectivity index (χ1) is 8.15. The lowest BCUT2D eigenvalue weighted by molar-refractivity contribution is 0.418. The molecule has 0 radical (unpaired) electrons. The van der Waals surface area contributed by atoms with Crippen LogP contribution in [0.4, 0.5) is 0 Å². The van der Waals surface area contributed by atoms with Crippen molar-refractivity contribution < 1.29 is 4.52 Å². The first-order valence-electron chi connectivity index (χ1n) is 5.56. The van der Waals surface area contributed by atoms with E-state index in [9.17, 15) is 0 Å². The molecule has 0 aliphatic rings. The largest absolute Gasteiger partial charge is 0.356 e. The third kappa shape index (κ3) is 3.56. The van der Waals surface area contributed by atoms with Crippen molar-refractivity contribution in [1.29, 1.82) is 0 Å². The van der Waals surface area contributed by atoms with Gasteiger partial charge in [0.25, 0.3) is 0 Å². The van der Waals surface area contributed by atoms with Crippen molar-refractivity contribution in [2.45, 2.75) is 20.4 Å². The summed E-state index contributed by atoms with van der Waals surface area (Å²) in [5, 5.41) is 9.31. The van der Waals surface area contributed by atoms with Crippen LogP contribution in [-0.4, -0.2) is 11.7 Å². The van der Waals surface area contributed by atoms with E-state index in [1.54, 1.807) is 0 Å². The van der Waals surface area contributed by atoms with E-state index in [-0.39, 0.29) is 0 Å². The summed E-state index contributed by atoms with van der Waals surface area (Å²) in [6.07, 6.45) is 0. The smallest absolute Gasteiger partial charge is 0.168 e. The molecule has 0 saturated heterocycles. The molecule has 0 aromatic carbocycles. The van der Waals surface area contributed by atoms with Crippen LogP contribution < -0.4 is 5.32 Å². The molecule has 0 unspecified atom stereocenters. The van der Waals surface area contributed by atoms with Gasteiger partial charge in [0.15, 0.2) is 5.76 Å². The number of hydrogen-bond acceptors (Lipinski definition) is 4. The van der Waals surface area contributed by atoms with Crippen molar-refractivity contribution in [3.63, 3.8) is 0 Å². The fourth-order valence-corrected chi connectivity index (χ4v) is 2.33. The summed E-state index contributed by atoms with van der Waals surface area (Å²) in [6.45, 7) is 6.06. The van der Waals surface area contributed by atoms with Gasteiger partial charge in [-0.15, -0.1) is 11.3 Å². The van der Waals surface area contributed by atoms with Gasteiger partial charge in [0.1, 0.15) is 0 Å². The van der Waals surface area contributed by atoms with Gasteiger partial charge in [0.2, 0.25) is 0 Å². The minimum absolute atomic E-state index is 0.636. The van der Waals surface area contributed by atoms with Crippen LogP contribution >= 0.6 is 22.9 Å². The fraction of sp³-hybridized carbons (Fsp3) is 0.417. The Labute approximate surface area is 110 Å². The molecule has 0 atom stereocenters. The highest BCUT2D eigenvalue weighted by Crippen LogP contribution is 2.28. The minimum atomic E-state index is 0.636. The first kappa shape index (κ1) is 12.6. The van der Waals surface area contributed by atoms with E-state index in [4.69, 9.17) is 16.1 Å². The molecule has 2 aromatic rings. The number of rotatable bonds is 5. The van der Waals surface area contributed by atoms with Gasteiger partial charge in [-0.25, -0.2) is 0 Å². The van der Waals surface area contributed by atoms with Crippen LogP contribution in [0.1, 0.15) is 19.5 Å². The molecule has 0 aliphatic carbocycles. The van der Waals surface area contributed by atoms with Gasteiger partial charge in [-0.2, -0.15) is 0 Å². The second-order valence-corrected chi connectivity index (χ2v) is 5.89. The van der Waals surface area contributed by atoms with Crippen LogP contribution in [0.3, 0.4) is 0 Å². The summed E-state index contributed by atoms with van der Waals surface area (Å²) >= 11 is 7.37. The van der Waals surface area contributed by atoms with Crippen molar-refractivity contribution in [2.24, 2.45) is 5.92 Å². The standard InChI is InChI=1S/C12H15ClN2OS/c1-8(2)5-14-6-10-4-11(16-15-10)9-3-12(13)17-7-9/h3-4,7-8,14H,5-6H2,1-2H3. The van der Waals surface area contributed by atoms with Crippen LogP contribution in [0, 0.1) is 5.92 Å². The SMILES string of the molecule is CC(C)CNCc1cc(-c2csc(Cl)c2)on1. The summed E-state index contributed by atoms with van der Waals surface area (Å²) in [7, 11) is 0. The molecule has 2 heterocycles. The summed E-state index contributed by atoms with van der Waals surface area (Å²) in [5.74, 6) is 1.41. The lowest BCUT2D eigenvalue weighted by atomic mass is 10.2. The zero-order valence-corrected chi connectivity index (χ0v) is 11.4. The van der Waals surface area contributed by atoms with Crippen LogP contribution in [0.2, 0.25) is 4.34 Å². The van der Waals surface area contributed by atoms with E-state index in [1.807, 2.05) is 17.5 Å². The highest BCUT2D eigenvalue weighted by atomic mass is 35.5. The molecule has 2 aromatic heterocycles. The molecule has 3 nitrogen and oxygen atoms in total. The van der Waals surface area contributed by atoms with Crippen LogP contribution in [0.25, 0.3) is 11.3 Å². The van der Waals surface area contributed by atoms with Crippen LogP contribution in [-0.2, 0) is 6.54 Å². The average molecular weight is 271 g/mol. The van der Waals surface area contributed by atoms with Crippen molar-refractivity contribution >= 4 is 22.9 Å². The Morgan fingerprint density at radius 1 is 1.47 bits per heavy atom. The van der Waals surface area contributed by atoms with Crippen molar-refractivity contribution in [3.05, 3.63) is 27.5 Å². The van der Waals surface area contributed by atoms with Gasteiger partial charge >= 0.3 is 0 Å². The molecule has 1 N–H and O–H groups in total. The Balaban J connectivity index is 1.96. The number of nitrogens with zero attached hydrogens (tertiary/aromatic N) is 1. The van der Waals surface area contributed by atoms with Crippen molar-refractivity contribution in [2.75, 3.05) is 6.54 Å². The van der Waals surface area contributed by atoms with E-state index in [1.165, 1.54) is 11.3 Å². The number of nitrogens with one attached hydrogen (secondary N) is 1. The highest BCUT2D eigenvalue weighted by molar-refractivity contribution is 7.14. The van der Waals surface area contributed by atoms with Gasteiger partial charge in [0, 0.05) is 23.6 Å². The number of hydrogen-bond donors (Lipinski definition) is 1. The van der Waals surface area contributed by atoms with Gasteiger partial charge in [0.05, 0.1) is 10.0 Å². The zero-order chi connectivity index (χ0) is 12.3. The predicted molar refractivity (Wildman–Crippen MR) is 71.4 cm³/mol. The maximum Gasteiger partial charge on any atom is 0.168 e. The molecule has 0 spiro atoms. The molecular formula is C12H15ClN2OS. The lowest BCUT2D eigenvalue weighted by Gasteiger charge is -2.03. The molecule has 0 bridgehead atoms. The van der Waals surface area contributed by atoms with Crippen molar-refractivity contribution in [1.82, 2.24) is 10.5 Å². The topological polar surface area (TPSA) is 38.1 Å². The van der Waals surface area contributed by atoms with Gasteiger partial charge < -0.3 is 9.84 Å². The van der Waals surface area contributed by atoms with E-state index >= 15 is 0 Å². The van der Waals surface area contributed by atoms with Crippen LogP contribution in [0.5, 0.6) is 0 Å². The van der Waals surface area contributed by atoms with E-state index in [0.717, 1.165) is 34.4 Å². The highest BCUT2D eigenvalue weighted by Gasteiger charge is 2.08. The third-order valence-corrected chi connectivity index (χ3v) is 3.36. The van der Waals surface area contributed by atoms with Gasteiger partial charge in [-0.1, -0.05) is 30.6 Å². The van der Waals surface area contributed by atoms with Crippen molar-refractivity contribution in [3.8, 4) is 11.3 Å². The maximum absolute atomic E-state index is 5.88. The average Bonchev–Trinajstić information content (AvgIpc) is 2.86. The Morgan fingerprint density at radius 3 is 2.94 bits per heavy atom. The minimum Gasteiger partial charge on any atom is -0.356 e. The van der Waals surface area contributed by atoms with E-state index < -0.39 is 0 Å². The predicted octanol–water partition coefficient (Wildman–Crippen LogP) is 3.80. The normalized spacial score (nSPS) is 11.3. The molecule has 17 heavy (non-hydrogen) atoms. The second-order valence-electron chi connectivity index (χ2n) is 4.35. The number of thiophene rings is 1. The summed E-state index contributed by atoms with van der Waals surface area (Å²) in [6, 6.07) is 3.84. The Morgan fingerprint density at radius 2 is 2.29 bits per heavy atom. The quantitative estimate of drug-likeness (QED) is 0.898. The molecule has 0 fully saturated rings. The maximum atomic E-state index is 5.88. The molecule has 0 saturated carbocycles. The zero-order valence-electron chi connectivity index (χ0n) is 9.87. The monoisotopic (exact) mass is 270 g/mol. The molecule has 92 valence electrons. The molecule has 0 aliphatic heterocycles. The third-order valence-electron chi connectivity index (χ3n) is 2.27. The molecule has 0 amide bonds. The fourth-order valence-electron chi connectivity index (χ4n) is 1.46. The Kier molecular flexibility index (Phi) is 4.20. The Bertz CT molecular complexity index is 478.